The van der Waals surface area contributed by atoms with Crippen LogP contribution in [0.1, 0.15) is 6.42 Å². The molecule has 84 valence electrons. The summed E-state index contributed by atoms with van der Waals surface area (Å²) >= 11 is 0. The number of carbonyl (C=O) groups is 1. The molecule has 0 aliphatic rings. The van der Waals surface area contributed by atoms with E-state index in [-0.39, 0.29) is 6.42 Å². The van der Waals surface area contributed by atoms with Crippen LogP contribution in [0.4, 0.5) is 0 Å². The van der Waals surface area contributed by atoms with Gasteiger partial charge in [0, 0.05) is 6.42 Å². The first-order chi connectivity index (χ1) is 7.65. The van der Waals surface area contributed by atoms with E-state index in [0.717, 1.165) is 0 Å². The van der Waals surface area contributed by atoms with Crippen LogP contribution < -0.4 is 10.5 Å². The van der Waals surface area contributed by atoms with E-state index in [2.05, 4.69) is 10.6 Å². The first-order valence-electron chi connectivity index (χ1n) is 4.61. The molecule has 0 aromatic heterocycles. The molecule has 4 nitrogen and oxygen atoms in total. The van der Waals surface area contributed by atoms with Gasteiger partial charge < -0.3 is 5.73 Å². The van der Waals surface area contributed by atoms with Crippen LogP contribution in [-0.4, -0.2) is 16.2 Å². The molecule has 1 aromatic rings. The van der Waals surface area contributed by atoms with E-state index < -0.39 is 22.9 Å². The van der Waals surface area contributed by atoms with Crippen molar-refractivity contribution >= 4 is 16.9 Å². The molecule has 0 bridgehead atoms. The van der Waals surface area contributed by atoms with E-state index in [4.69, 9.17) is 12.2 Å². The zero-order valence-corrected chi connectivity index (χ0v) is 9.37. The first-order valence-corrected chi connectivity index (χ1v) is 5.76. The topological polar surface area (TPSA) is 72.2 Å². The van der Waals surface area contributed by atoms with Crippen molar-refractivity contribution in [3.05, 3.63) is 30.3 Å². The highest BCUT2D eigenvalue weighted by atomic mass is 32.2. The monoisotopic (exact) mass is 236 g/mol. The minimum Gasteiger partial charge on any atom is -0.319 e. The molecule has 5 heteroatoms. The standard InChI is InChI=1S/C11H12N2O2S/c1-2-6-10(12)11(14)13-16(15)9-7-4-3-5-8-9/h1,3-5,7-8,10H,6,12H2,(H,13,14)/t10-,16?/m0/s1. The van der Waals surface area contributed by atoms with Crippen molar-refractivity contribution in [3.63, 3.8) is 0 Å². The minimum atomic E-state index is -1.59. The average Bonchev–Trinajstić information content (AvgIpc) is 2.30. The molecule has 0 saturated carbocycles. The Morgan fingerprint density at radius 2 is 2.12 bits per heavy atom. The summed E-state index contributed by atoms with van der Waals surface area (Å²) in [5, 5.41) is 0. The normalized spacial score (nSPS) is 13.5. The van der Waals surface area contributed by atoms with Crippen LogP contribution in [0.2, 0.25) is 0 Å². The molecule has 0 radical (unpaired) electrons. The largest absolute Gasteiger partial charge is 0.319 e. The minimum absolute atomic E-state index is 0.123. The molecule has 1 aromatic carbocycles. The van der Waals surface area contributed by atoms with E-state index >= 15 is 0 Å². The lowest BCUT2D eigenvalue weighted by Gasteiger charge is -2.08. The van der Waals surface area contributed by atoms with Crippen LogP contribution >= 0.6 is 0 Å². The van der Waals surface area contributed by atoms with E-state index in [1.165, 1.54) is 0 Å². The van der Waals surface area contributed by atoms with Crippen molar-refractivity contribution in [2.75, 3.05) is 0 Å². The van der Waals surface area contributed by atoms with Crippen LogP contribution in [-0.2, 0) is 15.8 Å². The van der Waals surface area contributed by atoms with Crippen molar-refractivity contribution in [2.24, 2.45) is 5.73 Å². The number of amides is 1. The van der Waals surface area contributed by atoms with Crippen LogP contribution in [0.15, 0.2) is 35.2 Å². The Labute approximate surface area is 96.8 Å². The van der Waals surface area contributed by atoms with Crippen molar-refractivity contribution < 1.29 is 9.00 Å². The maximum absolute atomic E-state index is 11.6. The molecular weight excluding hydrogens is 224 g/mol. The number of hydrogen-bond donors (Lipinski definition) is 2. The average molecular weight is 236 g/mol. The molecule has 1 unspecified atom stereocenters. The van der Waals surface area contributed by atoms with Gasteiger partial charge >= 0.3 is 0 Å². The van der Waals surface area contributed by atoms with Gasteiger partial charge in [-0.15, -0.1) is 12.3 Å². The van der Waals surface area contributed by atoms with E-state index in [1.54, 1.807) is 30.3 Å². The summed E-state index contributed by atoms with van der Waals surface area (Å²) in [6, 6.07) is 7.76. The Kier molecular flexibility index (Phi) is 4.70. The summed E-state index contributed by atoms with van der Waals surface area (Å²) in [7, 11) is -1.59. The van der Waals surface area contributed by atoms with E-state index in [1.807, 2.05) is 0 Å². The number of benzene rings is 1. The van der Waals surface area contributed by atoms with Gasteiger partial charge in [0.25, 0.3) is 0 Å². The Bertz CT molecular complexity index is 425. The fourth-order valence-electron chi connectivity index (χ4n) is 0.990. The van der Waals surface area contributed by atoms with Gasteiger partial charge in [-0.25, -0.2) is 4.21 Å². The lowest BCUT2D eigenvalue weighted by atomic mass is 10.2. The molecule has 0 aliphatic carbocycles. The molecule has 3 N–H and O–H groups in total. The zero-order valence-electron chi connectivity index (χ0n) is 8.55. The molecule has 2 atom stereocenters. The number of nitrogens with two attached hydrogens (primary N) is 1. The third-order valence-corrected chi connectivity index (χ3v) is 2.91. The zero-order chi connectivity index (χ0) is 12.0. The smallest absolute Gasteiger partial charge is 0.249 e. The second-order valence-electron chi connectivity index (χ2n) is 3.06. The highest BCUT2D eigenvalue weighted by Crippen LogP contribution is 2.03. The van der Waals surface area contributed by atoms with Crippen molar-refractivity contribution in [1.29, 1.82) is 0 Å². The van der Waals surface area contributed by atoms with Crippen molar-refractivity contribution in [1.82, 2.24) is 4.72 Å². The summed E-state index contributed by atoms with van der Waals surface area (Å²) in [6.07, 6.45) is 5.15. The summed E-state index contributed by atoms with van der Waals surface area (Å²) < 4.78 is 13.9. The molecule has 1 amide bonds. The lowest BCUT2D eigenvalue weighted by molar-refractivity contribution is -0.120. The molecule has 16 heavy (non-hydrogen) atoms. The summed E-state index contributed by atoms with van der Waals surface area (Å²) in [5.41, 5.74) is 5.47. The van der Waals surface area contributed by atoms with Gasteiger partial charge in [0.05, 0.1) is 10.9 Å². The maximum Gasteiger partial charge on any atom is 0.249 e. The summed E-state index contributed by atoms with van der Waals surface area (Å²) in [4.78, 5) is 11.9. The van der Waals surface area contributed by atoms with Gasteiger partial charge in [-0.3, -0.25) is 9.52 Å². The molecule has 0 spiro atoms. The number of rotatable bonds is 4. The van der Waals surface area contributed by atoms with Crippen LogP contribution in [0.5, 0.6) is 0 Å². The third-order valence-electron chi connectivity index (χ3n) is 1.83. The Hall–Kier alpha value is -1.64. The van der Waals surface area contributed by atoms with Crippen molar-refractivity contribution in [3.8, 4) is 12.3 Å². The Balaban J connectivity index is 2.59. The Morgan fingerprint density at radius 3 is 2.69 bits per heavy atom. The predicted octanol–water partition coefficient (Wildman–Crippen LogP) is 0.176. The molecule has 0 aliphatic heterocycles. The molecule has 0 fully saturated rings. The molecule has 0 heterocycles. The van der Waals surface area contributed by atoms with Gasteiger partial charge in [0.15, 0.2) is 11.0 Å². The van der Waals surface area contributed by atoms with Gasteiger partial charge in [-0.1, -0.05) is 18.2 Å². The van der Waals surface area contributed by atoms with Gasteiger partial charge in [0.2, 0.25) is 5.91 Å². The number of terminal acetylenes is 1. The summed E-state index contributed by atoms with van der Waals surface area (Å²) in [5.74, 6) is 1.76. The second-order valence-corrected chi connectivity index (χ2v) is 4.28. The fourth-order valence-corrected chi connectivity index (χ4v) is 1.85. The highest BCUT2D eigenvalue weighted by molar-refractivity contribution is 7.83. The van der Waals surface area contributed by atoms with E-state index in [9.17, 15) is 9.00 Å². The maximum atomic E-state index is 11.6. The van der Waals surface area contributed by atoms with Crippen LogP contribution in [0.3, 0.4) is 0 Å². The van der Waals surface area contributed by atoms with E-state index in [0.29, 0.717) is 4.90 Å². The third kappa shape index (κ3) is 3.50. The highest BCUT2D eigenvalue weighted by Gasteiger charge is 2.15. The fraction of sp³-hybridized carbons (Fsp3) is 0.182. The second kappa shape index (κ2) is 6.05. The predicted molar refractivity (Wildman–Crippen MR) is 62.4 cm³/mol. The van der Waals surface area contributed by atoms with Gasteiger partial charge in [-0.05, 0) is 12.1 Å². The SMILES string of the molecule is C#CC[C@H](N)C(=O)NS(=O)c1ccccc1. The number of hydrogen-bond acceptors (Lipinski definition) is 3. The Morgan fingerprint density at radius 1 is 1.50 bits per heavy atom. The number of carbonyl (C=O) groups excluding carboxylic acids is 1. The van der Waals surface area contributed by atoms with Gasteiger partial charge in [-0.2, -0.15) is 0 Å². The molecule has 1 rings (SSSR count). The van der Waals surface area contributed by atoms with Crippen LogP contribution in [0.25, 0.3) is 0 Å². The molecular formula is C11H12N2O2S. The lowest BCUT2D eigenvalue weighted by Crippen LogP contribution is -2.41. The van der Waals surface area contributed by atoms with Gasteiger partial charge in [0.1, 0.15) is 0 Å². The quantitative estimate of drug-likeness (QED) is 0.732. The number of nitrogens with one attached hydrogen (secondary N) is 1. The molecule has 0 saturated heterocycles. The first kappa shape index (κ1) is 12.4. The van der Waals surface area contributed by atoms with Crippen LogP contribution in [0, 0.1) is 12.3 Å². The summed E-state index contributed by atoms with van der Waals surface area (Å²) in [6.45, 7) is 0. The van der Waals surface area contributed by atoms with Crippen molar-refractivity contribution in [2.45, 2.75) is 17.4 Å².